The molecule has 10 heteroatoms. The van der Waals surface area contributed by atoms with E-state index in [0.29, 0.717) is 24.7 Å². The molecule has 0 unspecified atom stereocenters. The zero-order chi connectivity index (χ0) is 24.4. The van der Waals surface area contributed by atoms with Gasteiger partial charge in [-0.3, -0.25) is 4.31 Å². The number of hydrogen-bond acceptors (Lipinski definition) is 8. The molecule has 2 heterocycles. The van der Waals surface area contributed by atoms with Crippen LogP contribution in [0.3, 0.4) is 0 Å². The van der Waals surface area contributed by atoms with Crippen LogP contribution in [0.1, 0.15) is 10.4 Å². The number of aromatic nitrogens is 1. The van der Waals surface area contributed by atoms with Crippen molar-refractivity contribution < 1.29 is 22.7 Å². The first-order valence-electron chi connectivity index (χ1n) is 11.0. The lowest BCUT2D eigenvalue weighted by Gasteiger charge is -2.25. The fourth-order valence-corrected chi connectivity index (χ4v) is 5.95. The molecular formula is C25H23N3O5S2. The summed E-state index contributed by atoms with van der Waals surface area (Å²) in [6, 6.07) is 19.8. The van der Waals surface area contributed by atoms with Gasteiger partial charge in [0, 0.05) is 26.2 Å². The molecule has 0 N–H and O–H groups in total. The first-order chi connectivity index (χ1) is 16.9. The number of sulfonamides is 1. The Hall–Kier alpha value is -3.47. The van der Waals surface area contributed by atoms with Gasteiger partial charge in [0.2, 0.25) is 0 Å². The SMILES string of the molecule is CN(c1ccccc1)S(=O)(=O)c1ccc(C(=O)Oc2ccc3nc(N4CCOCC4)sc3c2)cc1. The molecule has 1 aliphatic rings. The van der Waals surface area contributed by atoms with Crippen LogP contribution in [-0.2, 0) is 14.8 Å². The van der Waals surface area contributed by atoms with Crippen LogP contribution in [0.15, 0.2) is 77.7 Å². The largest absolute Gasteiger partial charge is 0.423 e. The third kappa shape index (κ3) is 4.86. The standard InChI is InChI=1S/C25H23N3O5S2/c1-27(19-5-3-2-4-6-19)35(30,31)21-10-7-18(8-11-21)24(29)33-20-9-12-22-23(17-20)34-25(26-22)28-13-15-32-16-14-28/h2-12,17H,13-16H2,1H3. The summed E-state index contributed by atoms with van der Waals surface area (Å²) in [5, 5.41) is 0.920. The van der Waals surface area contributed by atoms with Gasteiger partial charge in [-0.15, -0.1) is 0 Å². The van der Waals surface area contributed by atoms with Gasteiger partial charge in [0.15, 0.2) is 5.13 Å². The second kappa shape index (κ2) is 9.65. The van der Waals surface area contributed by atoms with Gasteiger partial charge in [-0.2, -0.15) is 0 Å². The van der Waals surface area contributed by atoms with Gasteiger partial charge in [0.25, 0.3) is 10.0 Å². The van der Waals surface area contributed by atoms with Gasteiger partial charge in [-0.05, 0) is 48.5 Å². The maximum absolute atomic E-state index is 12.9. The summed E-state index contributed by atoms with van der Waals surface area (Å²) in [5.74, 6) is -0.164. The number of para-hydroxylation sites is 1. The Morgan fingerprint density at radius 2 is 1.74 bits per heavy atom. The van der Waals surface area contributed by atoms with Gasteiger partial charge in [0.1, 0.15) is 5.75 Å². The molecule has 35 heavy (non-hydrogen) atoms. The van der Waals surface area contributed by atoms with Crippen molar-refractivity contribution in [3.05, 3.63) is 78.4 Å². The quantitative estimate of drug-likeness (QED) is 0.285. The molecule has 0 aliphatic carbocycles. The summed E-state index contributed by atoms with van der Waals surface area (Å²) < 4.78 is 39.0. The molecule has 0 saturated carbocycles. The molecule has 0 amide bonds. The van der Waals surface area contributed by atoms with E-state index in [4.69, 9.17) is 9.47 Å². The maximum Gasteiger partial charge on any atom is 0.343 e. The molecule has 8 nitrogen and oxygen atoms in total. The Morgan fingerprint density at radius 3 is 2.46 bits per heavy atom. The van der Waals surface area contributed by atoms with Crippen LogP contribution in [0, 0.1) is 0 Å². The van der Waals surface area contributed by atoms with Crippen molar-refractivity contribution >= 4 is 48.4 Å². The highest BCUT2D eigenvalue weighted by Crippen LogP contribution is 2.32. The lowest BCUT2D eigenvalue weighted by molar-refractivity contribution is 0.0735. The zero-order valence-electron chi connectivity index (χ0n) is 19.0. The van der Waals surface area contributed by atoms with Gasteiger partial charge < -0.3 is 14.4 Å². The number of carbonyl (C=O) groups is 1. The Labute approximate surface area is 207 Å². The smallest absolute Gasteiger partial charge is 0.343 e. The first-order valence-corrected chi connectivity index (χ1v) is 13.3. The molecule has 1 saturated heterocycles. The number of thiazole rings is 1. The van der Waals surface area contributed by atoms with Gasteiger partial charge in [-0.25, -0.2) is 18.2 Å². The molecule has 1 fully saturated rings. The number of rotatable bonds is 6. The minimum absolute atomic E-state index is 0.0853. The lowest BCUT2D eigenvalue weighted by Crippen LogP contribution is -2.36. The summed E-state index contributed by atoms with van der Waals surface area (Å²) in [4.78, 5) is 19.6. The zero-order valence-corrected chi connectivity index (χ0v) is 20.6. The number of ether oxygens (including phenoxy) is 2. The lowest BCUT2D eigenvalue weighted by atomic mass is 10.2. The number of anilines is 2. The van der Waals surface area contributed by atoms with Crippen LogP contribution in [0.25, 0.3) is 10.2 Å². The van der Waals surface area contributed by atoms with E-state index in [-0.39, 0.29) is 10.5 Å². The molecule has 0 bridgehead atoms. The second-order valence-electron chi connectivity index (χ2n) is 7.95. The molecule has 3 aromatic carbocycles. The number of nitrogens with zero attached hydrogens (tertiary/aromatic N) is 3. The number of hydrogen-bond donors (Lipinski definition) is 0. The van der Waals surface area contributed by atoms with Crippen LogP contribution in [-0.4, -0.2) is 52.7 Å². The summed E-state index contributed by atoms with van der Waals surface area (Å²) in [6.45, 7) is 2.96. The van der Waals surface area contributed by atoms with Gasteiger partial charge in [-0.1, -0.05) is 29.5 Å². The molecule has 4 aromatic rings. The summed E-state index contributed by atoms with van der Waals surface area (Å²) in [6.07, 6.45) is 0. The van der Waals surface area contributed by atoms with E-state index >= 15 is 0 Å². The predicted octanol–water partition coefficient (Wildman–Crippen LogP) is 4.18. The van der Waals surface area contributed by atoms with Crippen LogP contribution >= 0.6 is 11.3 Å². The molecule has 180 valence electrons. The van der Waals surface area contributed by atoms with E-state index in [1.54, 1.807) is 47.7 Å². The molecule has 1 aromatic heterocycles. The topological polar surface area (TPSA) is 89.0 Å². The van der Waals surface area contributed by atoms with Crippen LogP contribution in [0.5, 0.6) is 5.75 Å². The van der Waals surface area contributed by atoms with Crippen LogP contribution < -0.4 is 13.9 Å². The summed E-state index contributed by atoms with van der Waals surface area (Å²) in [5.41, 5.74) is 1.64. The van der Waals surface area contributed by atoms with Gasteiger partial charge in [0.05, 0.1) is 39.6 Å². The third-order valence-corrected chi connectivity index (χ3v) is 8.59. The summed E-state index contributed by atoms with van der Waals surface area (Å²) in [7, 11) is -2.27. The van der Waals surface area contributed by atoms with E-state index in [2.05, 4.69) is 9.88 Å². The van der Waals surface area contributed by atoms with Crippen molar-refractivity contribution in [1.82, 2.24) is 4.98 Å². The Kier molecular flexibility index (Phi) is 6.42. The van der Waals surface area contributed by atoms with E-state index in [1.165, 1.54) is 35.6 Å². The molecule has 1 aliphatic heterocycles. The summed E-state index contributed by atoms with van der Waals surface area (Å²) >= 11 is 1.54. The highest BCUT2D eigenvalue weighted by Gasteiger charge is 2.22. The van der Waals surface area contributed by atoms with Crippen LogP contribution in [0.4, 0.5) is 10.8 Å². The van der Waals surface area contributed by atoms with E-state index < -0.39 is 16.0 Å². The third-order valence-electron chi connectivity index (χ3n) is 5.71. The fourth-order valence-electron chi connectivity index (χ4n) is 3.71. The molecular weight excluding hydrogens is 486 g/mol. The van der Waals surface area contributed by atoms with Crippen LogP contribution in [0.2, 0.25) is 0 Å². The number of morpholine rings is 1. The van der Waals surface area contributed by atoms with E-state index in [0.717, 1.165) is 28.4 Å². The normalized spacial score (nSPS) is 14.1. The molecule has 5 rings (SSSR count). The van der Waals surface area contributed by atoms with Crippen molar-refractivity contribution in [2.24, 2.45) is 0 Å². The number of fused-ring (bicyclic) bond motifs is 1. The first kappa shape index (κ1) is 23.3. The van der Waals surface area contributed by atoms with Crippen molar-refractivity contribution in [2.45, 2.75) is 4.90 Å². The number of carbonyl (C=O) groups excluding carboxylic acids is 1. The Balaban J connectivity index is 1.30. The minimum Gasteiger partial charge on any atom is -0.423 e. The molecule has 0 spiro atoms. The number of esters is 1. The molecule has 0 radical (unpaired) electrons. The maximum atomic E-state index is 12.9. The monoisotopic (exact) mass is 509 g/mol. The highest BCUT2D eigenvalue weighted by molar-refractivity contribution is 7.92. The van der Waals surface area contributed by atoms with Crippen molar-refractivity contribution in [1.29, 1.82) is 0 Å². The minimum atomic E-state index is -3.76. The Bertz CT molecular complexity index is 1450. The predicted molar refractivity (Wildman–Crippen MR) is 136 cm³/mol. The van der Waals surface area contributed by atoms with Gasteiger partial charge >= 0.3 is 5.97 Å². The van der Waals surface area contributed by atoms with Crippen molar-refractivity contribution in [2.75, 3.05) is 42.6 Å². The molecule has 0 atom stereocenters. The average Bonchev–Trinajstić information content (AvgIpc) is 3.33. The van der Waals surface area contributed by atoms with Crippen molar-refractivity contribution in [3.63, 3.8) is 0 Å². The Morgan fingerprint density at radius 1 is 1.03 bits per heavy atom. The second-order valence-corrected chi connectivity index (χ2v) is 10.9. The number of benzene rings is 3. The van der Waals surface area contributed by atoms with E-state index in [1.807, 2.05) is 12.1 Å². The van der Waals surface area contributed by atoms with E-state index in [9.17, 15) is 13.2 Å². The fraction of sp³-hybridized carbons (Fsp3) is 0.200. The highest BCUT2D eigenvalue weighted by atomic mass is 32.2. The average molecular weight is 510 g/mol. The van der Waals surface area contributed by atoms with Crippen molar-refractivity contribution in [3.8, 4) is 5.75 Å².